The molecule has 0 bridgehead atoms. The van der Waals surface area contributed by atoms with E-state index in [1.807, 2.05) is 6.92 Å². The molecule has 0 amide bonds. The minimum atomic E-state index is -3.93. The molecule has 0 spiro atoms. The maximum atomic E-state index is 11.2. The normalized spacial score (nSPS) is 11.3. The quantitative estimate of drug-likeness (QED) is 0.598. The van der Waals surface area contributed by atoms with Crippen molar-refractivity contribution >= 4 is 42.9 Å². The third kappa shape index (κ3) is 4.05. The van der Waals surface area contributed by atoms with E-state index in [1.165, 1.54) is 6.07 Å². The highest BCUT2D eigenvalue weighted by Crippen LogP contribution is 2.35. The van der Waals surface area contributed by atoms with Crippen LogP contribution in [0.3, 0.4) is 0 Å². The molecule has 1 rings (SSSR count). The molecule has 0 aliphatic rings. The monoisotopic (exact) mass is 328 g/mol. The zero-order chi connectivity index (χ0) is 13.9. The van der Waals surface area contributed by atoms with Crippen molar-refractivity contribution in [1.29, 1.82) is 0 Å². The number of halogens is 3. The van der Waals surface area contributed by atoms with Crippen LogP contribution in [0, 0.1) is 0 Å². The average molecular weight is 330 g/mol. The summed E-state index contributed by atoms with van der Waals surface area (Å²) in [7, 11) is 1.29. The van der Waals surface area contributed by atoms with Crippen LogP contribution in [0.5, 0.6) is 5.75 Å². The van der Waals surface area contributed by atoms with E-state index in [4.69, 9.17) is 38.6 Å². The van der Waals surface area contributed by atoms with Crippen LogP contribution < -0.4 is 4.74 Å². The molecule has 0 fully saturated rings. The van der Waals surface area contributed by atoms with Gasteiger partial charge >= 0.3 is 0 Å². The maximum Gasteiger partial charge on any atom is 0.262 e. The SMILES string of the molecule is C=C(CC)COc1cc(Cl)c(S(=O)(=O)Cl)cc1Cl. The van der Waals surface area contributed by atoms with E-state index in [2.05, 4.69) is 6.58 Å². The molecule has 0 N–H and O–H groups in total. The predicted octanol–water partition coefficient (Wildman–Crippen LogP) is 4.27. The Balaban J connectivity index is 3.05. The first kappa shape index (κ1) is 15.6. The first-order chi connectivity index (χ1) is 8.25. The van der Waals surface area contributed by atoms with Crippen LogP contribution >= 0.6 is 33.9 Å². The van der Waals surface area contributed by atoms with E-state index in [-0.39, 0.29) is 14.9 Å². The largest absolute Gasteiger partial charge is 0.488 e. The minimum absolute atomic E-state index is 0.0356. The van der Waals surface area contributed by atoms with Gasteiger partial charge in [0.25, 0.3) is 9.05 Å². The number of benzene rings is 1. The topological polar surface area (TPSA) is 43.4 Å². The Bertz CT molecular complexity index is 567. The van der Waals surface area contributed by atoms with Gasteiger partial charge in [-0.1, -0.05) is 36.7 Å². The van der Waals surface area contributed by atoms with Crippen LogP contribution in [0.2, 0.25) is 10.0 Å². The third-order valence-corrected chi connectivity index (χ3v) is 4.26. The summed E-state index contributed by atoms with van der Waals surface area (Å²) in [6.07, 6.45) is 0.777. The van der Waals surface area contributed by atoms with Crippen LogP contribution in [0.15, 0.2) is 29.2 Å². The fourth-order valence-electron chi connectivity index (χ4n) is 1.09. The van der Waals surface area contributed by atoms with Gasteiger partial charge in [-0.25, -0.2) is 8.42 Å². The van der Waals surface area contributed by atoms with Crippen LogP contribution in [0.4, 0.5) is 0 Å². The summed E-state index contributed by atoms with van der Waals surface area (Å²) in [5.74, 6) is 0.292. The number of ether oxygens (including phenoxy) is 1. The smallest absolute Gasteiger partial charge is 0.262 e. The Morgan fingerprint density at radius 1 is 1.33 bits per heavy atom. The molecule has 0 heterocycles. The second kappa shape index (κ2) is 6.15. The summed E-state index contributed by atoms with van der Waals surface area (Å²) in [6, 6.07) is 2.48. The predicted molar refractivity (Wildman–Crippen MR) is 74.4 cm³/mol. The molecule has 1 aromatic rings. The van der Waals surface area contributed by atoms with Crippen LogP contribution in [-0.4, -0.2) is 15.0 Å². The second-order valence-electron chi connectivity index (χ2n) is 3.54. The summed E-state index contributed by atoms with van der Waals surface area (Å²) in [4.78, 5) is -0.238. The van der Waals surface area contributed by atoms with E-state index in [9.17, 15) is 8.42 Å². The van der Waals surface area contributed by atoms with Crippen LogP contribution in [0.1, 0.15) is 13.3 Å². The van der Waals surface area contributed by atoms with Crippen LogP contribution in [-0.2, 0) is 9.05 Å². The Kier molecular flexibility index (Phi) is 5.34. The molecule has 100 valence electrons. The van der Waals surface area contributed by atoms with Gasteiger partial charge in [0.05, 0.1) is 10.0 Å². The summed E-state index contributed by atoms with van der Waals surface area (Å²) >= 11 is 11.7. The van der Waals surface area contributed by atoms with Gasteiger partial charge in [0, 0.05) is 16.7 Å². The molecular weight excluding hydrogens is 319 g/mol. The van der Waals surface area contributed by atoms with Crippen molar-refractivity contribution in [3.8, 4) is 5.75 Å². The Hall–Kier alpha value is -0.420. The van der Waals surface area contributed by atoms with E-state index < -0.39 is 9.05 Å². The molecule has 0 radical (unpaired) electrons. The van der Waals surface area contributed by atoms with Crippen molar-refractivity contribution in [3.05, 3.63) is 34.3 Å². The standard InChI is InChI=1S/C11H11Cl3O3S/c1-3-7(2)6-17-10-4-9(13)11(5-8(10)12)18(14,15)16/h4-5H,2-3,6H2,1H3. The molecule has 1 aromatic carbocycles. The molecule has 0 saturated carbocycles. The van der Waals surface area contributed by atoms with Gasteiger partial charge in [-0.2, -0.15) is 0 Å². The number of rotatable bonds is 5. The molecule has 0 aliphatic carbocycles. The van der Waals surface area contributed by atoms with Gasteiger partial charge < -0.3 is 4.74 Å². The molecular formula is C11H11Cl3O3S. The number of hydrogen-bond donors (Lipinski definition) is 0. The number of hydrogen-bond acceptors (Lipinski definition) is 3. The van der Waals surface area contributed by atoms with Gasteiger partial charge in [-0.05, 0) is 18.1 Å². The van der Waals surface area contributed by atoms with Gasteiger partial charge in [0.2, 0.25) is 0 Å². The zero-order valence-electron chi connectivity index (χ0n) is 9.54. The van der Waals surface area contributed by atoms with Crippen molar-refractivity contribution < 1.29 is 13.2 Å². The maximum absolute atomic E-state index is 11.2. The van der Waals surface area contributed by atoms with Crippen LogP contribution in [0.25, 0.3) is 0 Å². The average Bonchev–Trinajstić information content (AvgIpc) is 2.27. The molecule has 0 saturated heterocycles. The highest BCUT2D eigenvalue weighted by atomic mass is 35.7. The third-order valence-electron chi connectivity index (χ3n) is 2.18. The van der Waals surface area contributed by atoms with E-state index in [0.29, 0.717) is 12.4 Å². The van der Waals surface area contributed by atoms with Crippen molar-refractivity contribution in [2.45, 2.75) is 18.2 Å². The Morgan fingerprint density at radius 2 is 1.94 bits per heavy atom. The van der Waals surface area contributed by atoms with E-state index in [0.717, 1.165) is 18.1 Å². The van der Waals surface area contributed by atoms with E-state index in [1.54, 1.807) is 0 Å². The van der Waals surface area contributed by atoms with Gasteiger partial charge in [-0.15, -0.1) is 0 Å². The summed E-state index contributed by atoms with van der Waals surface area (Å²) in [5.41, 5.74) is 0.885. The lowest BCUT2D eigenvalue weighted by Crippen LogP contribution is -2.01. The van der Waals surface area contributed by atoms with Crippen molar-refractivity contribution in [2.24, 2.45) is 0 Å². The molecule has 0 aromatic heterocycles. The molecule has 0 atom stereocenters. The van der Waals surface area contributed by atoms with Crippen molar-refractivity contribution in [3.63, 3.8) is 0 Å². The molecule has 18 heavy (non-hydrogen) atoms. The lowest BCUT2D eigenvalue weighted by Gasteiger charge is -2.10. The summed E-state index contributed by atoms with van der Waals surface area (Å²) in [6.45, 7) is 6.02. The first-order valence-electron chi connectivity index (χ1n) is 4.98. The summed E-state index contributed by atoms with van der Waals surface area (Å²) in [5, 5.41) is 0.0917. The summed E-state index contributed by atoms with van der Waals surface area (Å²) < 4.78 is 27.8. The van der Waals surface area contributed by atoms with Crippen molar-refractivity contribution in [2.75, 3.05) is 6.61 Å². The van der Waals surface area contributed by atoms with Gasteiger partial charge in [-0.3, -0.25) is 0 Å². The van der Waals surface area contributed by atoms with Gasteiger partial charge in [0.15, 0.2) is 0 Å². The Morgan fingerprint density at radius 3 is 2.44 bits per heavy atom. The highest BCUT2D eigenvalue weighted by Gasteiger charge is 2.18. The first-order valence-corrected chi connectivity index (χ1v) is 8.05. The zero-order valence-corrected chi connectivity index (χ0v) is 12.6. The van der Waals surface area contributed by atoms with E-state index >= 15 is 0 Å². The lowest BCUT2D eigenvalue weighted by molar-refractivity contribution is 0.349. The minimum Gasteiger partial charge on any atom is -0.488 e. The Labute approximate surface area is 121 Å². The molecule has 0 unspecified atom stereocenters. The lowest BCUT2D eigenvalue weighted by atomic mass is 10.2. The fourth-order valence-corrected chi connectivity index (χ4v) is 2.88. The van der Waals surface area contributed by atoms with Crippen molar-refractivity contribution in [1.82, 2.24) is 0 Å². The highest BCUT2D eigenvalue weighted by molar-refractivity contribution is 8.13. The second-order valence-corrected chi connectivity index (χ2v) is 6.89. The fraction of sp³-hybridized carbons (Fsp3) is 0.273. The van der Waals surface area contributed by atoms with Gasteiger partial charge in [0.1, 0.15) is 17.3 Å². The molecule has 0 aliphatic heterocycles. The molecule has 7 heteroatoms. The molecule has 3 nitrogen and oxygen atoms in total.